The Labute approximate surface area is 142 Å². The Morgan fingerprint density at radius 2 is 2.00 bits per heavy atom. The van der Waals surface area contributed by atoms with E-state index in [1.165, 1.54) is 18.3 Å². The van der Waals surface area contributed by atoms with Crippen LogP contribution in [-0.4, -0.2) is 18.7 Å². The lowest BCUT2D eigenvalue weighted by atomic mass is 10.1. The third-order valence-corrected chi connectivity index (χ3v) is 3.48. The third-order valence-electron chi connectivity index (χ3n) is 3.02. The zero-order valence-corrected chi connectivity index (χ0v) is 14.4. The van der Waals surface area contributed by atoms with Crippen LogP contribution in [0.15, 0.2) is 46.0 Å². The van der Waals surface area contributed by atoms with Crippen LogP contribution in [0.3, 0.4) is 0 Å². The topological polar surface area (TPSA) is 50.7 Å². The Hall–Kier alpha value is -2.21. The van der Waals surface area contributed by atoms with Gasteiger partial charge in [-0.2, -0.15) is 5.10 Å². The fourth-order valence-corrected chi connectivity index (χ4v) is 2.75. The second-order valence-corrected chi connectivity index (χ2v) is 5.92. The molecular formula is C17H16BrFN2O2. The molecule has 0 saturated heterocycles. The van der Waals surface area contributed by atoms with Gasteiger partial charge in [-0.15, -0.1) is 0 Å². The van der Waals surface area contributed by atoms with Gasteiger partial charge in [0.2, 0.25) is 0 Å². The van der Waals surface area contributed by atoms with Crippen molar-refractivity contribution < 1.29 is 13.9 Å². The molecule has 0 heterocycles. The van der Waals surface area contributed by atoms with Gasteiger partial charge < -0.3 is 4.74 Å². The molecule has 1 N–H and O–H groups in total. The number of aryl methyl sites for hydroxylation is 2. The van der Waals surface area contributed by atoms with Crippen molar-refractivity contribution in [3.05, 3.63) is 63.4 Å². The summed E-state index contributed by atoms with van der Waals surface area (Å²) in [7, 11) is 0. The maximum Gasteiger partial charge on any atom is 0.277 e. The van der Waals surface area contributed by atoms with E-state index in [1.54, 1.807) is 12.1 Å². The minimum atomic E-state index is -0.389. The van der Waals surface area contributed by atoms with Crippen molar-refractivity contribution in [1.82, 2.24) is 5.43 Å². The molecule has 0 spiro atoms. The monoisotopic (exact) mass is 378 g/mol. The lowest BCUT2D eigenvalue weighted by Gasteiger charge is -2.11. The number of rotatable bonds is 5. The van der Waals surface area contributed by atoms with Crippen LogP contribution in [0.1, 0.15) is 16.7 Å². The third kappa shape index (κ3) is 5.17. The average molecular weight is 379 g/mol. The van der Waals surface area contributed by atoms with Gasteiger partial charge in [-0.3, -0.25) is 4.79 Å². The number of ether oxygens (including phenoxy) is 1. The lowest BCUT2D eigenvalue weighted by Crippen LogP contribution is -2.25. The number of hydrogen-bond donors (Lipinski definition) is 1. The van der Waals surface area contributed by atoms with Crippen LogP contribution in [0.5, 0.6) is 5.75 Å². The number of benzene rings is 2. The van der Waals surface area contributed by atoms with Crippen LogP contribution >= 0.6 is 15.9 Å². The average Bonchev–Trinajstić information content (AvgIpc) is 2.46. The first-order valence-corrected chi connectivity index (χ1v) is 7.72. The summed E-state index contributed by atoms with van der Waals surface area (Å²) in [5.74, 6) is -0.0679. The smallest absolute Gasteiger partial charge is 0.277 e. The van der Waals surface area contributed by atoms with E-state index in [-0.39, 0.29) is 18.3 Å². The number of hydrazone groups is 1. The largest absolute Gasteiger partial charge is 0.483 e. The molecule has 0 aliphatic rings. The van der Waals surface area contributed by atoms with Gasteiger partial charge in [0.1, 0.15) is 11.6 Å². The summed E-state index contributed by atoms with van der Waals surface area (Å²) < 4.78 is 19.5. The molecule has 0 aromatic heterocycles. The van der Waals surface area contributed by atoms with Crippen LogP contribution in [0.4, 0.5) is 4.39 Å². The Morgan fingerprint density at radius 1 is 1.30 bits per heavy atom. The van der Waals surface area contributed by atoms with E-state index in [9.17, 15) is 9.18 Å². The summed E-state index contributed by atoms with van der Waals surface area (Å²) in [5.41, 5.74) is 4.78. The minimum Gasteiger partial charge on any atom is -0.483 e. The molecule has 0 radical (unpaired) electrons. The van der Waals surface area contributed by atoms with Crippen LogP contribution in [0.25, 0.3) is 0 Å². The first kappa shape index (κ1) is 17.1. The summed E-state index contributed by atoms with van der Waals surface area (Å²) in [6.45, 7) is 3.67. The highest BCUT2D eigenvalue weighted by atomic mass is 79.9. The molecule has 0 unspecified atom stereocenters. The molecule has 23 heavy (non-hydrogen) atoms. The molecule has 2 aromatic rings. The highest BCUT2D eigenvalue weighted by Gasteiger charge is 2.08. The van der Waals surface area contributed by atoms with E-state index in [0.717, 1.165) is 15.6 Å². The second kappa shape index (κ2) is 7.87. The number of nitrogens with zero attached hydrogens (tertiary/aromatic N) is 1. The van der Waals surface area contributed by atoms with Crippen molar-refractivity contribution in [1.29, 1.82) is 0 Å². The van der Waals surface area contributed by atoms with Crippen molar-refractivity contribution in [3.8, 4) is 5.75 Å². The maximum absolute atomic E-state index is 13.0. The number of carbonyl (C=O) groups excluding carboxylic acids is 1. The normalized spacial score (nSPS) is 10.8. The molecule has 2 aromatic carbocycles. The molecule has 120 valence electrons. The molecule has 0 aliphatic carbocycles. The number of amides is 1. The van der Waals surface area contributed by atoms with Gasteiger partial charge in [-0.05, 0) is 54.8 Å². The number of halogens is 2. The van der Waals surface area contributed by atoms with E-state index < -0.39 is 0 Å². The quantitative estimate of drug-likeness (QED) is 0.636. The molecule has 0 saturated carbocycles. The van der Waals surface area contributed by atoms with Crippen LogP contribution in [0, 0.1) is 19.7 Å². The number of hydrogen-bond acceptors (Lipinski definition) is 3. The number of carbonyl (C=O) groups is 1. The Bertz CT molecular complexity index is 724. The molecular weight excluding hydrogens is 363 g/mol. The molecule has 0 atom stereocenters. The molecule has 2 rings (SSSR count). The van der Waals surface area contributed by atoms with E-state index >= 15 is 0 Å². The summed E-state index contributed by atoms with van der Waals surface area (Å²) in [6.07, 6.45) is 1.37. The first-order chi connectivity index (χ1) is 11.0. The SMILES string of the molecule is Cc1cc(Br)cc(C)c1OCC(=O)N/N=C/c1cccc(F)c1. The van der Waals surface area contributed by atoms with Crippen LogP contribution in [-0.2, 0) is 4.79 Å². The van der Waals surface area contributed by atoms with Crippen molar-refractivity contribution in [2.75, 3.05) is 6.61 Å². The molecule has 0 bridgehead atoms. The minimum absolute atomic E-state index is 0.149. The number of nitrogens with one attached hydrogen (secondary N) is 1. The van der Waals surface area contributed by atoms with Crippen molar-refractivity contribution in [2.24, 2.45) is 5.10 Å². The van der Waals surface area contributed by atoms with E-state index in [1.807, 2.05) is 26.0 Å². The van der Waals surface area contributed by atoms with Crippen LogP contribution < -0.4 is 10.2 Å². The van der Waals surface area contributed by atoms with Gasteiger partial charge in [0.05, 0.1) is 6.21 Å². The maximum atomic E-state index is 13.0. The van der Waals surface area contributed by atoms with Gasteiger partial charge in [-0.25, -0.2) is 9.82 Å². The van der Waals surface area contributed by atoms with Gasteiger partial charge in [0.15, 0.2) is 6.61 Å². The summed E-state index contributed by atoms with van der Waals surface area (Å²) >= 11 is 3.41. The highest BCUT2D eigenvalue weighted by molar-refractivity contribution is 9.10. The molecule has 4 nitrogen and oxygen atoms in total. The fraction of sp³-hybridized carbons (Fsp3) is 0.176. The van der Waals surface area contributed by atoms with Gasteiger partial charge in [-0.1, -0.05) is 28.1 Å². The molecule has 0 aliphatic heterocycles. The van der Waals surface area contributed by atoms with E-state index in [4.69, 9.17) is 4.74 Å². The fourth-order valence-electron chi connectivity index (χ4n) is 2.06. The first-order valence-electron chi connectivity index (χ1n) is 6.92. The zero-order chi connectivity index (χ0) is 16.8. The van der Waals surface area contributed by atoms with Crippen molar-refractivity contribution in [3.63, 3.8) is 0 Å². The van der Waals surface area contributed by atoms with Gasteiger partial charge in [0.25, 0.3) is 5.91 Å². The predicted octanol–water partition coefficient (Wildman–Crippen LogP) is 3.73. The zero-order valence-electron chi connectivity index (χ0n) is 12.8. The molecule has 6 heteroatoms. The highest BCUT2D eigenvalue weighted by Crippen LogP contribution is 2.27. The summed E-state index contributed by atoms with van der Waals surface area (Å²) in [5, 5.41) is 3.78. The van der Waals surface area contributed by atoms with Crippen molar-refractivity contribution >= 4 is 28.1 Å². The van der Waals surface area contributed by atoms with Crippen molar-refractivity contribution in [2.45, 2.75) is 13.8 Å². The molecule has 0 fully saturated rings. The Kier molecular flexibility index (Phi) is 5.87. The van der Waals surface area contributed by atoms with E-state index in [2.05, 4.69) is 26.5 Å². The van der Waals surface area contributed by atoms with E-state index in [0.29, 0.717) is 11.3 Å². The predicted molar refractivity (Wildman–Crippen MR) is 91.2 cm³/mol. The van der Waals surface area contributed by atoms with Crippen LogP contribution in [0.2, 0.25) is 0 Å². The summed E-state index contributed by atoms with van der Waals surface area (Å²) in [6, 6.07) is 9.75. The Balaban J connectivity index is 1.88. The van der Waals surface area contributed by atoms with Gasteiger partial charge in [0, 0.05) is 4.47 Å². The Morgan fingerprint density at radius 3 is 2.65 bits per heavy atom. The van der Waals surface area contributed by atoms with Gasteiger partial charge >= 0.3 is 0 Å². The lowest BCUT2D eigenvalue weighted by molar-refractivity contribution is -0.123. The standard InChI is InChI=1S/C17H16BrFN2O2/c1-11-6-14(18)7-12(2)17(11)23-10-16(22)21-20-9-13-4-3-5-15(19)8-13/h3-9H,10H2,1-2H3,(H,21,22)/b20-9+. The second-order valence-electron chi connectivity index (χ2n) is 5.01. The molecule has 1 amide bonds. The summed E-state index contributed by atoms with van der Waals surface area (Å²) in [4.78, 5) is 11.7.